The molecule has 0 aromatic carbocycles. The lowest BCUT2D eigenvalue weighted by molar-refractivity contribution is 0.469. The zero-order valence-electron chi connectivity index (χ0n) is 7.03. The highest BCUT2D eigenvalue weighted by molar-refractivity contribution is 4.76. The van der Waals surface area contributed by atoms with Crippen LogP contribution >= 0.6 is 0 Å². The number of hydrogen-bond donors (Lipinski definition) is 4. The Kier molecular flexibility index (Phi) is 9.17. The Morgan fingerprint density at radius 2 is 1.25 bits per heavy atom. The van der Waals surface area contributed by atoms with Crippen molar-refractivity contribution in [3.8, 4) is 0 Å². The predicted molar refractivity (Wildman–Crippen MR) is 49.3 cm³/mol. The smallest absolute Gasteiger partial charge is 0.0764 e. The first-order valence-electron chi connectivity index (χ1n) is 3.91. The van der Waals surface area contributed by atoms with Gasteiger partial charge >= 0.3 is 0 Å². The van der Waals surface area contributed by atoms with Crippen LogP contribution in [0.1, 0.15) is 0 Å². The number of hydrogen-bond acceptors (Lipinski definition) is 4. The average molecular weight is 172 g/mol. The van der Waals surface area contributed by atoms with Crippen LogP contribution < -0.4 is 10.6 Å². The third kappa shape index (κ3) is 9.00. The maximum atomic E-state index is 8.27. The quantitative estimate of drug-likeness (QED) is 0.329. The van der Waals surface area contributed by atoms with Crippen molar-refractivity contribution in [3.63, 3.8) is 0 Å². The number of aliphatic hydroxyl groups excluding tert-OH is 2. The minimum atomic E-state index is 0.675. The van der Waals surface area contributed by atoms with Crippen molar-refractivity contribution < 1.29 is 10.2 Å². The Balaban J connectivity index is 2.91. The normalized spacial score (nSPS) is 11.7. The van der Waals surface area contributed by atoms with E-state index in [4.69, 9.17) is 10.2 Å². The summed E-state index contributed by atoms with van der Waals surface area (Å²) in [4.78, 5) is 0. The molecule has 0 fully saturated rings. The van der Waals surface area contributed by atoms with E-state index in [1.165, 1.54) is 0 Å². The van der Waals surface area contributed by atoms with Crippen molar-refractivity contribution in [2.24, 2.45) is 0 Å². The summed E-state index contributed by atoms with van der Waals surface area (Å²) in [6.07, 6.45) is 5.31. The molecule has 0 spiro atoms. The van der Waals surface area contributed by atoms with Crippen LogP contribution in [0, 0.1) is 0 Å². The minimum Gasteiger partial charge on any atom is -0.516 e. The van der Waals surface area contributed by atoms with Gasteiger partial charge in [-0.1, -0.05) is 0 Å². The lowest BCUT2D eigenvalue weighted by Crippen LogP contribution is -2.27. The Labute approximate surface area is 72.6 Å². The highest BCUT2D eigenvalue weighted by atomic mass is 16.2. The Morgan fingerprint density at radius 3 is 1.58 bits per heavy atom. The van der Waals surface area contributed by atoms with E-state index in [1.807, 2.05) is 0 Å². The van der Waals surface area contributed by atoms with Gasteiger partial charge in [0.05, 0.1) is 12.5 Å². The van der Waals surface area contributed by atoms with Crippen molar-refractivity contribution in [2.75, 3.05) is 26.2 Å². The Morgan fingerprint density at radius 1 is 0.833 bits per heavy atom. The second-order valence-electron chi connectivity index (χ2n) is 2.18. The van der Waals surface area contributed by atoms with E-state index in [9.17, 15) is 0 Å². The number of aliphatic hydroxyl groups is 2. The SMILES string of the molecule is O/C=C/CNCCNC/C=C/O. The first kappa shape index (κ1) is 11.0. The molecule has 0 aliphatic heterocycles. The van der Waals surface area contributed by atoms with Crippen molar-refractivity contribution in [1.82, 2.24) is 10.6 Å². The third-order valence-electron chi connectivity index (χ3n) is 1.21. The van der Waals surface area contributed by atoms with Gasteiger partial charge in [0.1, 0.15) is 0 Å². The zero-order valence-corrected chi connectivity index (χ0v) is 7.03. The predicted octanol–water partition coefficient (Wildman–Crippen LogP) is 0.309. The van der Waals surface area contributed by atoms with Crippen LogP contribution in [0.4, 0.5) is 0 Å². The van der Waals surface area contributed by atoms with Crippen LogP contribution in [-0.2, 0) is 0 Å². The molecule has 0 unspecified atom stereocenters. The van der Waals surface area contributed by atoms with E-state index in [0.717, 1.165) is 25.6 Å². The molecular formula is C8H16N2O2. The van der Waals surface area contributed by atoms with Crippen LogP contribution in [0.2, 0.25) is 0 Å². The molecule has 0 heterocycles. The van der Waals surface area contributed by atoms with Gasteiger partial charge in [-0.15, -0.1) is 0 Å². The number of nitrogens with one attached hydrogen (secondary N) is 2. The van der Waals surface area contributed by atoms with Gasteiger partial charge in [-0.2, -0.15) is 0 Å². The van der Waals surface area contributed by atoms with Gasteiger partial charge in [-0.25, -0.2) is 0 Å². The van der Waals surface area contributed by atoms with Gasteiger partial charge in [0.2, 0.25) is 0 Å². The summed E-state index contributed by atoms with van der Waals surface area (Å²) in [7, 11) is 0. The molecule has 0 bridgehead atoms. The molecule has 0 aliphatic rings. The summed E-state index contributed by atoms with van der Waals surface area (Å²) in [5.74, 6) is 0. The second-order valence-corrected chi connectivity index (χ2v) is 2.18. The van der Waals surface area contributed by atoms with Crippen LogP contribution in [0.15, 0.2) is 24.7 Å². The minimum absolute atomic E-state index is 0.675. The largest absolute Gasteiger partial charge is 0.516 e. The van der Waals surface area contributed by atoms with Crippen molar-refractivity contribution in [1.29, 1.82) is 0 Å². The van der Waals surface area contributed by atoms with Crippen molar-refractivity contribution >= 4 is 0 Å². The molecular weight excluding hydrogens is 156 g/mol. The number of rotatable bonds is 7. The van der Waals surface area contributed by atoms with Gasteiger partial charge in [0, 0.05) is 26.2 Å². The molecule has 0 radical (unpaired) electrons. The molecule has 70 valence electrons. The molecule has 0 aromatic rings. The summed E-state index contributed by atoms with van der Waals surface area (Å²) in [6, 6.07) is 0. The highest BCUT2D eigenvalue weighted by Crippen LogP contribution is 1.66. The monoisotopic (exact) mass is 172 g/mol. The zero-order chi connectivity index (χ0) is 9.07. The molecule has 0 atom stereocenters. The van der Waals surface area contributed by atoms with Gasteiger partial charge < -0.3 is 20.8 Å². The summed E-state index contributed by atoms with van der Waals surface area (Å²) in [5, 5.41) is 22.7. The first-order valence-corrected chi connectivity index (χ1v) is 3.91. The summed E-state index contributed by atoms with van der Waals surface area (Å²) in [6.45, 7) is 3.02. The first-order chi connectivity index (χ1) is 5.91. The van der Waals surface area contributed by atoms with E-state index in [1.54, 1.807) is 12.2 Å². The van der Waals surface area contributed by atoms with E-state index < -0.39 is 0 Å². The summed E-state index contributed by atoms with van der Waals surface area (Å²) in [5.41, 5.74) is 0. The van der Waals surface area contributed by atoms with Crippen molar-refractivity contribution in [2.45, 2.75) is 0 Å². The highest BCUT2D eigenvalue weighted by Gasteiger charge is 1.82. The molecule has 0 saturated heterocycles. The lowest BCUT2D eigenvalue weighted by atomic mass is 10.5. The van der Waals surface area contributed by atoms with Crippen LogP contribution in [0.3, 0.4) is 0 Å². The maximum absolute atomic E-state index is 8.27. The standard InChI is InChI=1S/C8H16N2O2/c11-7-1-3-9-5-6-10-4-2-8-12/h1-2,7-12H,3-6H2/b7-1+,8-2+. The van der Waals surface area contributed by atoms with Crippen LogP contribution in [0.5, 0.6) is 0 Å². The van der Waals surface area contributed by atoms with Gasteiger partial charge in [0.25, 0.3) is 0 Å². The molecule has 0 aliphatic carbocycles. The molecule has 0 aromatic heterocycles. The molecule has 0 rings (SSSR count). The van der Waals surface area contributed by atoms with E-state index in [-0.39, 0.29) is 0 Å². The Hall–Kier alpha value is -1.00. The fourth-order valence-corrected chi connectivity index (χ4v) is 0.653. The molecule has 4 N–H and O–H groups in total. The van der Waals surface area contributed by atoms with Crippen LogP contribution in [0.25, 0.3) is 0 Å². The lowest BCUT2D eigenvalue weighted by Gasteiger charge is -2.01. The van der Waals surface area contributed by atoms with Crippen molar-refractivity contribution in [3.05, 3.63) is 24.7 Å². The third-order valence-corrected chi connectivity index (χ3v) is 1.21. The maximum Gasteiger partial charge on any atom is 0.0764 e. The molecule has 4 heteroatoms. The fraction of sp³-hybridized carbons (Fsp3) is 0.500. The fourth-order valence-electron chi connectivity index (χ4n) is 0.653. The van der Waals surface area contributed by atoms with E-state index in [2.05, 4.69) is 10.6 Å². The molecule has 0 saturated carbocycles. The Bertz CT molecular complexity index is 119. The van der Waals surface area contributed by atoms with E-state index in [0.29, 0.717) is 13.1 Å². The molecule has 4 nitrogen and oxygen atoms in total. The second kappa shape index (κ2) is 10.0. The van der Waals surface area contributed by atoms with Gasteiger partial charge in [-0.05, 0) is 12.2 Å². The average Bonchev–Trinajstić information content (AvgIpc) is 2.10. The summed E-state index contributed by atoms with van der Waals surface area (Å²) >= 11 is 0. The summed E-state index contributed by atoms with van der Waals surface area (Å²) < 4.78 is 0. The van der Waals surface area contributed by atoms with Gasteiger partial charge in [-0.3, -0.25) is 0 Å². The molecule has 12 heavy (non-hydrogen) atoms. The van der Waals surface area contributed by atoms with E-state index >= 15 is 0 Å². The topological polar surface area (TPSA) is 64.5 Å². The molecule has 0 amide bonds. The van der Waals surface area contributed by atoms with Crippen LogP contribution in [-0.4, -0.2) is 36.4 Å². The van der Waals surface area contributed by atoms with Gasteiger partial charge in [0.15, 0.2) is 0 Å².